The Kier molecular flexibility index (Phi) is 6.05. The molecule has 0 bridgehead atoms. The molecule has 3 heterocycles. The number of nitrogens with one attached hydrogen (secondary N) is 2. The average molecular weight is 497 g/mol. The molecule has 1 aliphatic carbocycles. The number of amides is 1. The number of anilines is 1. The lowest BCUT2D eigenvalue weighted by Crippen LogP contribution is -2.25. The van der Waals surface area contributed by atoms with E-state index in [0.29, 0.717) is 47.6 Å². The van der Waals surface area contributed by atoms with Crippen LogP contribution < -0.4 is 15.4 Å². The summed E-state index contributed by atoms with van der Waals surface area (Å²) in [4.78, 5) is 26.6. The van der Waals surface area contributed by atoms with Crippen molar-refractivity contribution < 1.29 is 9.53 Å². The molecular formula is C27H24N6O2S. The maximum Gasteiger partial charge on any atom is 0.251 e. The van der Waals surface area contributed by atoms with Crippen LogP contribution in [0.3, 0.4) is 0 Å². The zero-order chi connectivity index (χ0) is 24.3. The molecule has 180 valence electrons. The lowest BCUT2D eigenvalue weighted by molar-refractivity contribution is 0.0951. The predicted octanol–water partition coefficient (Wildman–Crippen LogP) is 4.93. The number of fused-ring (bicyclic) bond motifs is 1. The van der Waals surface area contributed by atoms with Gasteiger partial charge in [0.1, 0.15) is 18.7 Å². The summed E-state index contributed by atoms with van der Waals surface area (Å²) in [7, 11) is 0. The van der Waals surface area contributed by atoms with E-state index in [1.807, 2.05) is 70.6 Å². The molecule has 5 aromatic rings. The van der Waals surface area contributed by atoms with Crippen LogP contribution in [0, 0.1) is 0 Å². The number of ether oxygens (including phenoxy) is 1. The molecule has 0 spiro atoms. The largest absolute Gasteiger partial charge is 0.492 e. The monoisotopic (exact) mass is 496 g/mol. The standard InChI is InChI=1S/C27H24N6O2S/c34-27(30-20-10-11-20)19-8-6-18(7-9-19)24-31-25(28-13-14-35-22-4-2-1-3-5-22)23-26(32-24)33(17-29-23)21-12-15-36-16-21/h1-9,12,15-17,20H,10-11,13-14H2,(H,30,34)(H,28,31,32). The highest BCUT2D eigenvalue weighted by atomic mass is 32.1. The van der Waals surface area contributed by atoms with Gasteiger partial charge in [-0.1, -0.05) is 30.3 Å². The molecule has 9 heteroatoms. The normalized spacial score (nSPS) is 13.0. The number of benzene rings is 2. The number of thiophene rings is 1. The number of carbonyl (C=O) groups excluding carboxylic acids is 1. The summed E-state index contributed by atoms with van der Waals surface area (Å²) < 4.78 is 7.78. The first-order valence-corrected chi connectivity index (χ1v) is 12.8. The van der Waals surface area contributed by atoms with Crippen molar-refractivity contribution in [3.05, 3.63) is 83.3 Å². The molecule has 0 saturated heterocycles. The van der Waals surface area contributed by atoms with Crippen LogP contribution in [0.5, 0.6) is 5.75 Å². The van der Waals surface area contributed by atoms with Crippen molar-refractivity contribution >= 4 is 34.2 Å². The van der Waals surface area contributed by atoms with Crippen molar-refractivity contribution in [2.24, 2.45) is 0 Å². The Hall–Kier alpha value is -4.24. The summed E-state index contributed by atoms with van der Waals surface area (Å²) in [6, 6.07) is 19.5. The highest BCUT2D eigenvalue weighted by Gasteiger charge is 2.24. The second-order valence-corrected chi connectivity index (χ2v) is 9.36. The summed E-state index contributed by atoms with van der Waals surface area (Å²) in [5, 5.41) is 10.5. The topological polar surface area (TPSA) is 94.0 Å². The molecule has 3 aromatic heterocycles. The fourth-order valence-electron chi connectivity index (χ4n) is 3.86. The maximum absolute atomic E-state index is 12.4. The van der Waals surface area contributed by atoms with Crippen LogP contribution in [0.1, 0.15) is 23.2 Å². The van der Waals surface area contributed by atoms with E-state index >= 15 is 0 Å². The summed E-state index contributed by atoms with van der Waals surface area (Å²) in [5.41, 5.74) is 3.84. The van der Waals surface area contributed by atoms with Crippen molar-refractivity contribution in [3.63, 3.8) is 0 Å². The molecule has 2 N–H and O–H groups in total. The third-order valence-electron chi connectivity index (χ3n) is 5.90. The average Bonchev–Trinajstić information content (AvgIpc) is 3.37. The van der Waals surface area contributed by atoms with Gasteiger partial charge >= 0.3 is 0 Å². The van der Waals surface area contributed by atoms with Gasteiger partial charge in [-0.3, -0.25) is 9.36 Å². The molecule has 0 unspecified atom stereocenters. The molecule has 1 fully saturated rings. The molecular weight excluding hydrogens is 472 g/mol. The fraction of sp³-hybridized carbons (Fsp3) is 0.185. The molecule has 0 radical (unpaired) electrons. The van der Waals surface area contributed by atoms with Crippen molar-refractivity contribution in [1.29, 1.82) is 0 Å². The number of nitrogens with zero attached hydrogens (tertiary/aromatic N) is 4. The minimum atomic E-state index is -0.0447. The molecule has 1 aliphatic rings. The second kappa shape index (κ2) is 9.79. The number of para-hydroxylation sites is 1. The van der Waals surface area contributed by atoms with Gasteiger partial charge in [-0.05, 0) is 48.6 Å². The Morgan fingerprint density at radius 2 is 1.89 bits per heavy atom. The number of imidazole rings is 1. The van der Waals surface area contributed by atoms with E-state index in [4.69, 9.17) is 14.7 Å². The molecule has 8 nitrogen and oxygen atoms in total. The van der Waals surface area contributed by atoms with Gasteiger partial charge in [-0.2, -0.15) is 11.3 Å². The van der Waals surface area contributed by atoms with Crippen LogP contribution in [-0.2, 0) is 0 Å². The minimum Gasteiger partial charge on any atom is -0.492 e. The Morgan fingerprint density at radius 1 is 1.06 bits per heavy atom. The highest BCUT2D eigenvalue weighted by Crippen LogP contribution is 2.27. The number of hydrogen-bond acceptors (Lipinski definition) is 7. The summed E-state index contributed by atoms with van der Waals surface area (Å²) in [6.45, 7) is 1.02. The van der Waals surface area contributed by atoms with Gasteiger partial charge in [0, 0.05) is 22.5 Å². The van der Waals surface area contributed by atoms with E-state index in [-0.39, 0.29) is 5.91 Å². The van der Waals surface area contributed by atoms with E-state index in [9.17, 15) is 4.79 Å². The second-order valence-electron chi connectivity index (χ2n) is 8.58. The van der Waals surface area contributed by atoms with E-state index in [1.165, 1.54) is 0 Å². The third-order valence-corrected chi connectivity index (χ3v) is 6.58. The van der Waals surface area contributed by atoms with Crippen LogP contribution in [0.15, 0.2) is 77.8 Å². The first-order valence-electron chi connectivity index (χ1n) is 11.9. The molecule has 6 rings (SSSR count). The highest BCUT2D eigenvalue weighted by molar-refractivity contribution is 7.08. The van der Waals surface area contributed by atoms with Gasteiger partial charge in [-0.25, -0.2) is 15.0 Å². The number of aromatic nitrogens is 4. The van der Waals surface area contributed by atoms with E-state index in [0.717, 1.165) is 29.8 Å². The van der Waals surface area contributed by atoms with E-state index in [1.54, 1.807) is 17.7 Å². The van der Waals surface area contributed by atoms with Crippen LogP contribution in [-0.4, -0.2) is 44.6 Å². The summed E-state index contributed by atoms with van der Waals surface area (Å²) in [6.07, 6.45) is 3.88. The minimum absolute atomic E-state index is 0.0447. The molecule has 2 aromatic carbocycles. The van der Waals surface area contributed by atoms with Gasteiger partial charge in [0.2, 0.25) is 0 Å². The Bertz CT molecular complexity index is 1480. The van der Waals surface area contributed by atoms with E-state index < -0.39 is 0 Å². The Balaban J connectivity index is 1.29. The van der Waals surface area contributed by atoms with Gasteiger partial charge in [0.25, 0.3) is 5.91 Å². The molecule has 0 aliphatic heterocycles. The zero-order valence-corrected chi connectivity index (χ0v) is 20.2. The number of rotatable bonds is 9. The lowest BCUT2D eigenvalue weighted by atomic mass is 10.1. The van der Waals surface area contributed by atoms with Crippen LogP contribution in [0.25, 0.3) is 28.2 Å². The Morgan fingerprint density at radius 3 is 2.64 bits per heavy atom. The summed E-state index contributed by atoms with van der Waals surface area (Å²) >= 11 is 1.62. The number of carbonyl (C=O) groups is 1. The first kappa shape index (κ1) is 22.2. The summed E-state index contributed by atoms with van der Waals surface area (Å²) in [5.74, 6) is 1.97. The van der Waals surface area contributed by atoms with Gasteiger partial charge in [0.05, 0.1) is 12.2 Å². The molecule has 1 amide bonds. The third kappa shape index (κ3) is 4.78. The predicted molar refractivity (Wildman–Crippen MR) is 141 cm³/mol. The molecule has 1 saturated carbocycles. The maximum atomic E-state index is 12.4. The first-order chi connectivity index (χ1) is 17.7. The molecule has 0 atom stereocenters. The molecule has 36 heavy (non-hydrogen) atoms. The van der Waals surface area contributed by atoms with Gasteiger partial charge < -0.3 is 15.4 Å². The lowest BCUT2D eigenvalue weighted by Gasteiger charge is -2.11. The van der Waals surface area contributed by atoms with Crippen molar-refractivity contribution in [1.82, 2.24) is 24.8 Å². The number of hydrogen-bond donors (Lipinski definition) is 2. The van der Waals surface area contributed by atoms with Crippen molar-refractivity contribution in [2.75, 3.05) is 18.5 Å². The smallest absolute Gasteiger partial charge is 0.251 e. The van der Waals surface area contributed by atoms with Crippen LogP contribution in [0.4, 0.5) is 5.82 Å². The quantitative estimate of drug-likeness (QED) is 0.281. The van der Waals surface area contributed by atoms with Gasteiger partial charge in [0.15, 0.2) is 22.8 Å². The Labute approximate surface area is 212 Å². The van der Waals surface area contributed by atoms with E-state index in [2.05, 4.69) is 21.0 Å². The fourth-order valence-corrected chi connectivity index (χ4v) is 4.49. The van der Waals surface area contributed by atoms with Crippen LogP contribution >= 0.6 is 11.3 Å². The van der Waals surface area contributed by atoms with Crippen molar-refractivity contribution in [2.45, 2.75) is 18.9 Å². The zero-order valence-electron chi connectivity index (χ0n) is 19.4. The SMILES string of the molecule is O=C(NC1CC1)c1ccc(-c2nc(NCCOc3ccccc3)c3ncn(-c4ccsc4)c3n2)cc1. The van der Waals surface area contributed by atoms with Crippen molar-refractivity contribution in [3.8, 4) is 22.8 Å². The van der Waals surface area contributed by atoms with Gasteiger partial charge in [-0.15, -0.1) is 0 Å². The van der Waals surface area contributed by atoms with Crippen LogP contribution in [0.2, 0.25) is 0 Å².